The van der Waals surface area contributed by atoms with Gasteiger partial charge in [-0.15, -0.1) is 0 Å². The second-order valence-corrected chi connectivity index (χ2v) is 13.7. The minimum absolute atomic E-state index is 0.0961. The molecule has 5 aromatic rings. The van der Waals surface area contributed by atoms with Crippen LogP contribution in [0.2, 0.25) is 15.1 Å². The van der Waals surface area contributed by atoms with E-state index in [9.17, 15) is 19.8 Å². The second kappa shape index (κ2) is 16.5. The molecule has 6 rings (SSSR count). The number of benzene rings is 4. The Balaban J connectivity index is 1.26. The first-order chi connectivity index (χ1) is 25.1. The molecule has 1 saturated heterocycles. The van der Waals surface area contributed by atoms with Crippen molar-refractivity contribution in [3.8, 4) is 33.8 Å². The number of carbonyl (C=O) groups is 2. The van der Waals surface area contributed by atoms with Gasteiger partial charge in [0.25, 0.3) is 0 Å². The number of aromatic nitrogens is 2. The van der Waals surface area contributed by atoms with Gasteiger partial charge >= 0.3 is 5.97 Å². The number of aliphatic hydroxyl groups is 1. The lowest BCUT2D eigenvalue weighted by Gasteiger charge is -2.16. The first-order valence-corrected chi connectivity index (χ1v) is 17.8. The van der Waals surface area contributed by atoms with Gasteiger partial charge in [-0.3, -0.25) is 19.6 Å². The quantitative estimate of drug-likeness (QED) is 0.0829. The third-order valence-corrected chi connectivity index (χ3v) is 10.3. The van der Waals surface area contributed by atoms with Crippen molar-refractivity contribution in [1.29, 1.82) is 0 Å². The number of methoxy groups -OCH3 is 2. The maximum absolute atomic E-state index is 11.5. The van der Waals surface area contributed by atoms with Gasteiger partial charge in [0.05, 0.1) is 49.1 Å². The summed E-state index contributed by atoms with van der Waals surface area (Å²) in [5.41, 5.74) is 6.43. The van der Waals surface area contributed by atoms with Crippen LogP contribution in [0, 0.1) is 0 Å². The number of hydrogen-bond acceptors (Lipinski definition) is 8. The van der Waals surface area contributed by atoms with Crippen LogP contribution in [0.1, 0.15) is 29.5 Å². The molecule has 1 aliphatic heterocycles. The van der Waals surface area contributed by atoms with Gasteiger partial charge in [0.1, 0.15) is 17.5 Å². The number of carboxylic acids is 1. The van der Waals surface area contributed by atoms with E-state index in [-0.39, 0.29) is 25.0 Å². The molecule has 0 bridgehead atoms. The minimum Gasteiger partial charge on any atom is -0.496 e. The van der Waals surface area contributed by atoms with Crippen LogP contribution in [0.5, 0.6) is 11.5 Å². The molecule has 1 aliphatic rings. The maximum atomic E-state index is 11.5. The van der Waals surface area contributed by atoms with Crippen molar-refractivity contribution >= 4 is 57.6 Å². The molecule has 1 fully saturated rings. The monoisotopic (exact) mass is 765 g/mol. The summed E-state index contributed by atoms with van der Waals surface area (Å²) in [5, 5.41) is 34.8. The molecular formula is C38H38Cl3N5O6. The maximum Gasteiger partial charge on any atom is 0.323 e. The Bertz CT molecular complexity index is 2120. The van der Waals surface area contributed by atoms with Gasteiger partial charge in [-0.05, 0) is 47.4 Å². The van der Waals surface area contributed by atoms with Gasteiger partial charge in [0, 0.05) is 64.8 Å². The lowest BCUT2D eigenvalue weighted by molar-refractivity contribution is -0.140. The van der Waals surface area contributed by atoms with Gasteiger partial charge in [0.15, 0.2) is 0 Å². The van der Waals surface area contributed by atoms with Gasteiger partial charge in [-0.25, -0.2) is 0 Å². The molecule has 0 saturated carbocycles. The fraction of sp³-hybridized carbons (Fsp3) is 0.289. The largest absolute Gasteiger partial charge is 0.496 e. The zero-order valence-electron chi connectivity index (χ0n) is 28.5. The highest BCUT2D eigenvalue weighted by molar-refractivity contribution is 6.38. The van der Waals surface area contributed by atoms with Crippen molar-refractivity contribution in [1.82, 2.24) is 25.7 Å². The summed E-state index contributed by atoms with van der Waals surface area (Å²) in [5.74, 6) is 0.164. The van der Waals surface area contributed by atoms with E-state index < -0.39 is 18.6 Å². The zero-order chi connectivity index (χ0) is 36.9. The minimum atomic E-state index is -1.16. The number of ether oxygens (including phenoxy) is 2. The molecule has 272 valence electrons. The van der Waals surface area contributed by atoms with Crippen LogP contribution in [0.25, 0.3) is 33.2 Å². The molecule has 0 spiro atoms. The standard InChI is InChI=1S/C38H38Cl3N5O6/c1-51-33-13-21(6-7-22(33)15-42-17-25-8-11-35(48)45-25)26-4-3-5-28(36(26)41)27-9-10-30(39)37-29(27)18-44-46(37)19-24-14-34(52-2)23(12-31(24)40)16-43-32(20-47)38(49)50/h3-7,9-10,12-14,18,25,32,42-43,47H,8,11,15-17,19-20H2,1-2H3,(H,45,48)(H,49,50)/t25-,32?/m0/s1. The van der Waals surface area contributed by atoms with E-state index in [1.54, 1.807) is 30.1 Å². The Morgan fingerprint density at radius 3 is 2.44 bits per heavy atom. The number of carbonyl (C=O) groups excluding carboxylic acids is 1. The van der Waals surface area contributed by atoms with Crippen LogP contribution in [0.4, 0.5) is 0 Å². The van der Waals surface area contributed by atoms with E-state index in [1.165, 1.54) is 7.11 Å². The van der Waals surface area contributed by atoms with E-state index in [1.807, 2.05) is 48.5 Å². The predicted octanol–water partition coefficient (Wildman–Crippen LogP) is 6.30. The average molecular weight is 767 g/mol. The molecular weight excluding hydrogens is 729 g/mol. The van der Waals surface area contributed by atoms with Crippen LogP contribution >= 0.6 is 34.8 Å². The average Bonchev–Trinajstić information content (AvgIpc) is 3.76. The number of fused-ring (bicyclic) bond motifs is 1. The molecule has 0 radical (unpaired) electrons. The fourth-order valence-corrected chi connectivity index (χ4v) is 7.30. The summed E-state index contributed by atoms with van der Waals surface area (Å²) < 4.78 is 13.1. The van der Waals surface area contributed by atoms with Crippen molar-refractivity contribution in [3.63, 3.8) is 0 Å². The number of carboxylic acid groups (broad SMARTS) is 1. The first kappa shape index (κ1) is 37.4. The Hall–Kier alpha value is -4.36. The van der Waals surface area contributed by atoms with Crippen LogP contribution in [0.3, 0.4) is 0 Å². The van der Waals surface area contributed by atoms with Gasteiger partial charge in [0.2, 0.25) is 5.91 Å². The van der Waals surface area contributed by atoms with Crippen molar-refractivity contribution in [2.75, 3.05) is 27.4 Å². The van der Waals surface area contributed by atoms with Crippen LogP contribution in [-0.4, -0.2) is 71.3 Å². The van der Waals surface area contributed by atoms with Gasteiger partial charge in [-0.2, -0.15) is 5.10 Å². The van der Waals surface area contributed by atoms with Crippen molar-refractivity contribution in [2.45, 2.75) is 44.6 Å². The molecule has 4 aromatic carbocycles. The number of halogens is 3. The van der Waals surface area contributed by atoms with Crippen LogP contribution < -0.4 is 25.4 Å². The summed E-state index contributed by atoms with van der Waals surface area (Å²) in [7, 11) is 3.16. The number of hydrogen-bond donors (Lipinski definition) is 5. The lowest BCUT2D eigenvalue weighted by atomic mass is 9.96. The van der Waals surface area contributed by atoms with Gasteiger partial charge < -0.3 is 30.3 Å². The summed E-state index contributed by atoms with van der Waals surface area (Å²) >= 11 is 20.7. The fourth-order valence-electron chi connectivity index (χ4n) is 6.46. The van der Waals surface area contributed by atoms with E-state index in [4.69, 9.17) is 44.3 Å². The number of aliphatic hydroxyl groups excluding tert-OH is 1. The van der Waals surface area contributed by atoms with Crippen molar-refractivity contribution in [2.24, 2.45) is 0 Å². The number of amides is 1. The zero-order valence-corrected chi connectivity index (χ0v) is 30.8. The number of aliphatic carboxylic acids is 1. The summed E-state index contributed by atoms with van der Waals surface area (Å²) in [4.78, 5) is 22.9. The van der Waals surface area contributed by atoms with Crippen molar-refractivity contribution < 1.29 is 29.3 Å². The van der Waals surface area contributed by atoms with Crippen LogP contribution in [0.15, 0.2) is 66.9 Å². The topological polar surface area (TPSA) is 147 Å². The molecule has 5 N–H and O–H groups in total. The number of rotatable bonds is 15. The summed E-state index contributed by atoms with van der Waals surface area (Å²) in [6.07, 6.45) is 3.16. The normalized spacial score (nSPS) is 14.8. The molecule has 0 aliphatic carbocycles. The first-order valence-electron chi connectivity index (χ1n) is 16.6. The second-order valence-electron chi connectivity index (χ2n) is 12.5. The highest BCUT2D eigenvalue weighted by Crippen LogP contribution is 2.42. The molecule has 2 atom stereocenters. The van der Waals surface area contributed by atoms with E-state index in [0.717, 1.165) is 45.4 Å². The molecule has 52 heavy (non-hydrogen) atoms. The molecule has 14 heteroatoms. The Labute approximate surface area is 315 Å². The molecule has 1 amide bonds. The molecule has 1 aromatic heterocycles. The number of nitrogens with zero attached hydrogens (tertiary/aromatic N) is 2. The highest BCUT2D eigenvalue weighted by Gasteiger charge is 2.22. The Kier molecular flexibility index (Phi) is 11.9. The van der Waals surface area contributed by atoms with E-state index in [2.05, 4.69) is 21.0 Å². The smallest absolute Gasteiger partial charge is 0.323 e. The Morgan fingerprint density at radius 1 is 0.962 bits per heavy atom. The SMILES string of the molecule is COc1cc(-c2cccc(-c3ccc(Cl)c4c3cnn4Cc3cc(OC)c(CNC(CO)C(=O)O)cc3Cl)c2Cl)ccc1CNC[C@@H]1CCC(=O)N1. The molecule has 1 unspecified atom stereocenters. The molecule has 2 heterocycles. The summed E-state index contributed by atoms with van der Waals surface area (Å²) in [6.45, 7) is 1.11. The number of nitrogens with one attached hydrogen (secondary N) is 3. The van der Waals surface area contributed by atoms with Crippen molar-refractivity contribution in [3.05, 3.63) is 98.6 Å². The van der Waals surface area contributed by atoms with E-state index in [0.29, 0.717) is 57.0 Å². The van der Waals surface area contributed by atoms with Crippen LogP contribution in [-0.2, 0) is 29.2 Å². The molecule has 11 nitrogen and oxygen atoms in total. The van der Waals surface area contributed by atoms with E-state index >= 15 is 0 Å². The lowest BCUT2D eigenvalue weighted by Crippen LogP contribution is -2.39. The summed E-state index contributed by atoms with van der Waals surface area (Å²) in [6, 6.07) is 18.2. The Morgan fingerprint density at radius 2 is 1.73 bits per heavy atom. The van der Waals surface area contributed by atoms with Gasteiger partial charge in [-0.1, -0.05) is 71.2 Å². The highest BCUT2D eigenvalue weighted by atomic mass is 35.5. The third-order valence-electron chi connectivity index (χ3n) is 9.22. The predicted molar refractivity (Wildman–Crippen MR) is 203 cm³/mol. The third kappa shape index (κ3) is 8.00.